The lowest BCUT2D eigenvalue weighted by Gasteiger charge is -2.22. The van der Waals surface area contributed by atoms with Crippen molar-refractivity contribution in [3.05, 3.63) is 32.6 Å². The lowest BCUT2D eigenvalue weighted by atomic mass is 10.1. The van der Waals surface area contributed by atoms with Gasteiger partial charge in [-0.2, -0.15) is 0 Å². The van der Waals surface area contributed by atoms with Gasteiger partial charge in [0.25, 0.3) is 19.5 Å². The summed E-state index contributed by atoms with van der Waals surface area (Å²) in [5, 5.41) is 0. The number of phosphoric acid groups is 1. The van der Waals surface area contributed by atoms with E-state index in [0.717, 1.165) is 4.57 Å². The van der Waals surface area contributed by atoms with Crippen molar-refractivity contribution in [1.82, 2.24) is 9.55 Å². The Labute approximate surface area is 164 Å². The van der Waals surface area contributed by atoms with Gasteiger partial charge in [-0.3, -0.25) is 18.9 Å². The molecule has 0 amide bonds. The van der Waals surface area contributed by atoms with Gasteiger partial charge in [-0.25, -0.2) is 13.7 Å². The van der Waals surface area contributed by atoms with Crippen molar-refractivity contribution in [2.75, 3.05) is 13.7 Å². The van der Waals surface area contributed by atoms with Crippen LogP contribution in [0.15, 0.2) is 15.8 Å². The molecule has 2 aliphatic heterocycles. The van der Waals surface area contributed by atoms with E-state index in [1.807, 2.05) is 0 Å². The van der Waals surface area contributed by atoms with Crippen molar-refractivity contribution in [2.45, 2.75) is 37.9 Å². The van der Waals surface area contributed by atoms with Crippen molar-refractivity contribution in [1.29, 1.82) is 0 Å². The molecule has 0 spiro atoms. The van der Waals surface area contributed by atoms with Crippen LogP contribution in [-0.4, -0.2) is 65.4 Å². The average Bonchev–Trinajstić information content (AvgIpc) is 3.13. The molecule has 29 heavy (non-hydrogen) atoms. The Bertz CT molecular complexity index is 974. The van der Waals surface area contributed by atoms with Gasteiger partial charge in [0.05, 0.1) is 6.61 Å². The summed E-state index contributed by atoms with van der Waals surface area (Å²) < 4.78 is 54.2. The number of aryl methyl sites for hydroxylation is 1. The number of aromatic amines is 1. The highest BCUT2D eigenvalue weighted by Crippen LogP contribution is 2.57. The van der Waals surface area contributed by atoms with Gasteiger partial charge >= 0.3 is 13.5 Å². The Morgan fingerprint density at radius 3 is 2.52 bits per heavy atom. The number of hydrogen-bond acceptors (Lipinski definition) is 10. The van der Waals surface area contributed by atoms with E-state index in [2.05, 4.69) is 9.29 Å². The second-order valence-corrected chi connectivity index (χ2v) is 9.15. The van der Waals surface area contributed by atoms with Crippen molar-refractivity contribution in [3.8, 4) is 0 Å². The number of nitrogens with zero attached hydrogens (tertiary/aromatic N) is 1. The largest absolute Gasteiger partial charge is 0.476 e. The summed E-state index contributed by atoms with van der Waals surface area (Å²) in [5.74, 6) is 0. The Hall–Kier alpha value is -1.12. The highest BCUT2D eigenvalue weighted by molar-refractivity contribution is 7.83. The van der Waals surface area contributed by atoms with E-state index in [-0.39, 0.29) is 5.56 Å². The van der Waals surface area contributed by atoms with Gasteiger partial charge in [-0.1, -0.05) is 0 Å². The first kappa shape index (κ1) is 22.6. The van der Waals surface area contributed by atoms with E-state index in [0.29, 0.717) is 0 Å². The molecule has 0 aromatic carbocycles. The zero-order chi connectivity index (χ0) is 21.6. The molecule has 160 valence electrons. The van der Waals surface area contributed by atoms with Gasteiger partial charge in [0.15, 0.2) is 6.23 Å². The Morgan fingerprint density at radius 1 is 1.24 bits per heavy atom. The quantitative estimate of drug-likeness (QED) is 0.333. The van der Waals surface area contributed by atoms with E-state index in [1.165, 1.54) is 20.2 Å². The van der Waals surface area contributed by atoms with Gasteiger partial charge in [-0.15, -0.1) is 0 Å². The van der Waals surface area contributed by atoms with Crippen molar-refractivity contribution in [3.63, 3.8) is 0 Å². The predicted octanol–water partition coefficient (Wildman–Crippen LogP) is -1.14. The first-order valence-electron chi connectivity index (χ1n) is 8.01. The zero-order valence-corrected chi connectivity index (χ0v) is 16.9. The molecular weight excluding hydrogens is 437 g/mol. The summed E-state index contributed by atoms with van der Waals surface area (Å²) in [7, 11) is -3.34. The van der Waals surface area contributed by atoms with Gasteiger partial charge in [0.1, 0.15) is 18.3 Å². The fraction of sp³-hybridized carbons (Fsp3) is 0.667. The number of aromatic nitrogens is 2. The molecule has 3 heterocycles. The smallest absolute Gasteiger partial charge is 0.346 e. The summed E-state index contributed by atoms with van der Waals surface area (Å²) in [4.78, 5) is 43.4. The molecule has 1 aromatic heterocycles. The maximum atomic E-state index is 12.2. The minimum atomic E-state index is -5.17. The molecule has 6 atom stereocenters. The minimum absolute atomic E-state index is 0.230. The molecule has 3 unspecified atom stereocenters. The Morgan fingerprint density at radius 2 is 1.90 bits per heavy atom. The molecule has 1 aromatic rings. The van der Waals surface area contributed by atoms with Crippen molar-refractivity contribution in [2.24, 2.45) is 0 Å². The van der Waals surface area contributed by atoms with Gasteiger partial charge in [0, 0.05) is 18.9 Å². The van der Waals surface area contributed by atoms with Crippen LogP contribution < -0.4 is 11.2 Å². The van der Waals surface area contributed by atoms with Gasteiger partial charge in [-0.05, 0) is 6.92 Å². The fourth-order valence-corrected chi connectivity index (χ4v) is 4.63. The third kappa shape index (κ3) is 5.15. The van der Waals surface area contributed by atoms with Crippen LogP contribution in [0.25, 0.3) is 0 Å². The number of ether oxygens (including phenoxy) is 4. The van der Waals surface area contributed by atoms with Gasteiger partial charge < -0.3 is 33.3 Å². The first-order valence-corrected chi connectivity index (χ1v) is 11.2. The molecule has 14 nitrogen and oxygen atoms in total. The molecule has 17 heteroatoms. The molecule has 2 aliphatic rings. The minimum Gasteiger partial charge on any atom is -0.346 e. The summed E-state index contributed by atoms with van der Waals surface area (Å²) >= 11 is 0. The van der Waals surface area contributed by atoms with Crippen LogP contribution in [0.2, 0.25) is 0 Å². The number of rotatable bonds is 7. The average molecular weight is 454 g/mol. The van der Waals surface area contributed by atoms with Gasteiger partial charge in [0.2, 0.25) is 7.57 Å². The lowest BCUT2D eigenvalue weighted by molar-refractivity contribution is -0.256. The summed E-state index contributed by atoms with van der Waals surface area (Å²) in [6, 6.07) is 0. The Balaban J connectivity index is 1.82. The monoisotopic (exact) mass is 454 g/mol. The summed E-state index contributed by atoms with van der Waals surface area (Å²) in [6.45, 7) is -0.201. The zero-order valence-electron chi connectivity index (χ0n) is 15.1. The number of H-pyrrole nitrogens is 1. The normalized spacial score (nSPS) is 31.5. The second-order valence-electron chi connectivity index (χ2n) is 6.18. The predicted molar refractivity (Wildman–Crippen MR) is 93.0 cm³/mol. The maximum absolute atomic E-state index is 12.2. The van der Waals surface area contributed by atoms with Crippen molar-refractivity contribution < 1.29 is 46.7 Å². The molecule has 2 saturated heterocycles. The summed E-state index contributed by atoms with van der Waals surface area (Å²) in [6.07, 6.45) is -2.64. The van der Waals surface area contributed by atoms with E-state index >= 15 is 0 Å². The van der Waals surface area contributed by atoms with E-state index in [4.69, 9.17) is 40.8 Å². The second kappa shape index (κ2) is 8.19. The Kier molecular flexibility index (Phi) is 6.38. The van der Waals surface area contributed by atoms with Crippen LogP contribution in [0.3, 0.4) is 0 Å². The van der Waals surface area contributed by atoms with Crippen LogP contribution in [-0.2, 0) is 36.9 Å². The molecule has 2 fully saturated rings. The standard InChI is InChI=1S/C12H17BN2O12P2/c1-5-3-15(11(17)14-9(5)16)10-8-7(25-12(22-2)26-8)6(24-10)4-23-28(13,18)27-29(19,20)21/h3,6-8,10,12H,4H2,1-2H3,(H,14,16,17)(H2,19,20,21)/t6-,7+,8?,10-,12?,28?/m1/s1. The molecule has 0 aliphatic carbocycles. The third-order valence-corrected chi connectivity index (χ3v) is 6.34. The first-order chi connectivity index (χ1) is 13.4. The van der Waals surface area contributed by atoms with Crippen LogP contribution in [0.5, 0.6) is 0 Å². The van der Waals surface area contributed by atoms with E-state index in [1.54, 1.807) is 0 Å². The number of fused-ring (bicyclic) bond motifs is 1. The maximum Gasteiger partial charge on any atom is 0.476 e. The highest BCUT2D eigenvalue weighted by atomic mass is 31.3. The molecule has 0 bridgehead atoms. The SMILES string of the molecule is [B]P(=O)(OC[C@H]1O[C@@H](n2cc(C)c(=O)[nH]c2=O)C2OC(OC)O[C@H]21)OP(=O)(O)O. The lowest BCUT2D eigenvalue weighted by Crippen LogP contribution is -2.37. The molecule has 3 rings (SSSR count). The fourth-order valence-electron chi connectivity index (χ4n) is 2.90. The van der Waals surface area contributed by atoms with Crippen LogP contribution in [0.4, 0.5) is 0 Å². The van der Waals surface area contributed by atoms with Crippen LogP contribution >= 0.6 is 15.3 Å². The van der Waals surface area contributed by atoms with Crippen LogP contribution in [0.1, 0.15) is 11.8 Å². The molecule has 2 radical (unpaired) electrons. The summed E-state index contributed by atoms with van der Waals surface area (Å²) in [5.41, 5.74) is -1.12. The molecule has 3 N–H and O–H groups in total. The topological polar surface area (TPSA) is 185 Å². The third-order valence-electron chi connectivity index (χ3n) is 4.07. The molecular formula is C12H17BN2O12P2. The number of methoxy groups -OCH3 is 1. The molecule has 0 saturated carbocycles. The van der Waals surface area contributed by atoms with Crippen LogP contribution in [0, 0.1) is 6.92 Å². The number of nitrogens with one attached hydrogen (secondary N) is 1. The van der Waals surface area contributed by atoms with Crippen molar-refractivity contribution >= 4 is 22.9 Å². The van der Waals surface area contributed by atoms with E-state index in [9.17, 15) is 18.7 Å². The number of hydrogen-bond donors (Lipinski definition) is 3. The highest BCUT2D eigenvalue weighted by Gasteiger charge is 2.54. The van der Waals surface area contributed by atoms with E-state index < -0.39 is 64.2 Å².